The van der Waals surface area contributed by atoms with Crippen LogP contribution in [0.1, 0.15) is 25.1 Å². The van der Waals surface area contributed by atoms with Crippen LogP contribution in [0.15, 0.2) is 15.8 Å². The Bertz CT molecular complexity index is 862. The highest BCUT2D eigenvalue weighted by Crippen LogP contribution is 2.32. The van der Waals surface area contributed by atoms with Crippen LogP contribution in [0.25, 0.3) is 0 Å². The van der Waals surface area contributed by atoms with Crippen LogP contribution in [0.3, 0.4) is 0 Å². The third-order valence-electron chi connectivity index (χ3n) is 3.77. The lowest BCUT2D eigenvalue weighted by Gasteiger charge is -2.19. The van der Waals surface area contributed by atoms with E-state index in [4.69, 9.17) is 32.9 Å². The number of hydrogen-bond acceptors (Lipinski definition) is 7. The van der Waals surface area contributed by atoms with Crippen molar-refractivity contribution in [2.45, 2.75) is 38.0 Å². The maximum atomic E-state index is 13.0. The normalized spacial score (nSPS) is 22.0. The first kappa shape index (κ1) is 22.5. The second-order valence-corrected chi connectivity index (χ2v) is 7.49. The summed E-state index contributed by atoms with van der Waals surface area (Å²) in [5, 5.41) is 0. The van der Waals surface area contributed by atoms with Gasteiger partial charge in [-0.1, -0.05) is 24.6 Å². The Kier molecular flexibility index (Phi) is 7.70. The van der Waals surface area contributed by atoms with Crippen molar-refractivity contribution in [3.8, 4) is 12.3 Å². The highest BCUT2D eigenvalue weighted by molar-refractivity contribution is 8.22. The molecule has 1 saturated heterocycles. The highest BCUT2D eigenvalue weighted by atomic mass is 32.2. The number of halogens is 3. The molecule has 154 valence electrons. The predicted octanol–water partition coefficient (Wildman–Crippen LogP) is 1.92. The zero-order chi connectivity index (χ0) is 20.9. The van der Waals surface area contributed by atoms with Crippen LogP contribution in [0.5, 0.6) is 0 Å². The molecule has 1 aromatic heterocycles. The average molecular weight is 438 g/mol. The van der Waals surface area contributed by atoms with Crippen molar-refractivity contribution in [1.29, 1.82) is 0 Å². The zero-order valence-corrected chi connectivity index (χ0v) is 16.3. The van der Waals surface area contributed by atoms with Gasteiger partial charge in [0.05, 0.1) is 6.10 Å². The summed E-state index contributed by atoms with van der Waals surface area (Å²) in [5.74, 6) is 2.99. The number of terminal acetylenes is 1. The summed E-state index contributed by atoms with van der Waals surface area (Å²) in [6.07, 6.45) is -1.74. The van der Waals surface area contributed by atoms with Crippen molar-refractivity contribution in [2.75, 3.05) is 19.0 Å². The Morgan fingerprint density at radius 1 is 1.54 bits per heavy atom. The first-order valence-electron chi connectivity index (χ1n) is 8.10. The number of nitrogens with one attached hydrogen (secondary N) is 1. The molecule has 12 heteroatoms. The molecule has 2 rings (SSSR count). The molecule has 28 heavy (non-hydrogen) atoms. The van der Waals surface area contributed by atoms with Gasteiger partial charge in [0, 0.05) is 12.6 Å². The van der Waals surface area contributed by atoms with Gasteiger partial charge in [0.25, 0.3) is 5.56 Å². The molecular weight excluding hydrogens is 421 g/mol. The minimum Gasteiger partial charge on any atom is -0.476 e. The smallest absolute Gasteiger partial charge is 0.423 e. The van der Waals surface area contributed by atoms with Crippen LogP contribution in [-0.4, -0.2) is 45.1 Å². The summed E-state index contributed by atoms with van der Waals surface area (Å²) < 4.78 is 56.5. The van der Waals surface area contributed by atoms with Gasteiger partial charge in [0.15, 0.2) is 0 Å². The van der Waals surface area contributed by atoms with E-state index in [1.807, 2.05) is 6.92 Å². The van der Waals surface area contributed by atoms with E-state index in [0.717, 1.165) is 0 Å². The summed E-state index contributed by atoms with van der Waals surface area (Å²) in [7, 11) is 0. The van der Waals surface area contributed by atoms with Crippen LogP contribution in [0.4, 0.5) is 13.2 Å². The van der Waals surface area contributed by atoms with Gasteiger partial charge >= 0.3 is 11.9 Å². The van der Waals surface area contributed by atoms with Crippen LogP contribution < -0.4 is 11.2 Å². The summed E-state index contributed by atoms with van der Waals surface area (Å²) >= 11 is 6.32. The van der Waals surface area contributed by atoms with Gasteiger partial charge in [0.1, 0.15) is 31.1 Å². The molecule has 7 nitrogen and oxygen atoms in total. The zero-order valence-electron chi connectivity index (χ0n) is 14.7. The minimum absolute atomic E-state index is 0.0260. The Hall–Kier alpha value is -1.81. The summed E-state index contributed by atoms with van der Waals surface area (Å²) in [6, 6.07) is 0. The maximum absolute atomic E-state index is 13.0. The van der Waals surface area contributed by atoms with Gasteiger partial charge in [-0.25, -0.2) is 4.79 Å². The summed E-state index contributed by atoms with van der Waals surface area (Å²) in [6.45, 7) is 1.81. The molecule has 2 heterocycles. The summed E-state index contributed by atoms with van der Waals surface area (Å²) in [4.78, 5) is 25.1. The monoisotopic (exact) mass is 438 g/mol. The van der Waals surface area contributed by atoms with Crippen LogP contribution in [0.2, 0.25) is 0 Å². The minimum atomic E-state index is -4.92. The molecule has 0 radical (unpaired) electrons. The van der Waals surface area contributed by atoms with Crippen LogP contribution in [-0.2, 0) is 20.4 Å². The topological polar surface area (TPSA) is 82.6 Å². The molecule has 0 unspecified atom stereocenters. The van der Waals surface area contributed by atoms with Crippen molar-refractivity contribution >= 4 is 28.4 Å². The molecule has 1 aliphatic heterocycles. The molecular formula is C16H17F3N2O5S2. The molecule has 0 bridgehead atoms. The standard InChI is InChI=1S/C16H17F3N2O5S2/c1-3-5-24-10-6-12(26-11(10)8-25-15(27)28-4-2)21-7-9(16(17,18)19)13(22)20-14(21)23/h1,7,10-12H,4-6,8H2,2H3,(H,20,22,23)/t10-,11+,12+/m0/s1. The number of thiocarbonyl (C=S) groups is 1. The number of thioether (sulfide) groups is 1. The Labute approximate surface area is 167 Å². The van der Waals surface area contributed by atoms with E-state index in [9.17, 15) is 22.8 Å². The lowest BCUT2D eigenvalue weighted by Crippen LogP contribution is -2.36. The van der Waals surface area contributed by atoms with Crippen molar-refractivity contribution < 1.29 is 27.4 Å². The second kappa shape index (κ2) is 9.60. The lowest BCUT2D eigenvalue weighted by atomic mass is 10.2. The Morgan fingerprint density at radius 2 is 2.25 bits per heavy atom. The number of aromatic nitrogens is 2. The van der Waals surface area contributed by atoms with Crippen molar-refractivity contribution in [3.63, 3.8) is 0 Å². The first-order chi connectivity index (χ1) is 13.2. The van der Waals surface area contributed by atoms with Gasteiger partial charge in [0.2, 0.25) is 4.38 Å². The Morgan fingerprint density at radius 3 is 2.86 bits per heavy atom. The molecule has 3 atom stereocenters. The van der Waals surface area contributed by atoms with E-state index >= 15 is 0 Å². The number of nitrogens with zero attached hydrogens (tertiary/aromatic N) is 1. The van der Waals surface area contributed by atoms with Gasteiger partial charge in [-0.15, -0.1) is 6.42 Å². The second-order valence-electron chi connectivity index (χ2n) is 5.62. The van der Waals surface area contributed by atoms with Crippen molar-refractivity contribution in [2.24, 2.45) is 0 Å². The molecule has 1 fully saturated rings. The van der Waals surface area contributed by atoms with E-state index in [2.05, 4.69) is 5.92 Å². The predicted molar refractivity (Wildman–Crippen MR) is 100 cm³/mol. The van der Waals surface area contributed by atoms with Crippen LogP contribution >= 0.6 is 24.0 Å². The third-order valence-corrected chi connectivity index (χ3v) is 4.89. The van der Waals surface area contributed by atoms with E-state index in [-0.39, 0.29) is 24.0 Å². The van der Waals surface area contributed by atoms with Gasteiger partial charge in [-0.3, -0.25) is 14.3 Å². The largest absolute Gasteiger partial charge is 0.476 e. The molecule has 1 N–H and O–H groups in total. The fourth-order valence-electron chi connectivity index (χ4n) is 2.56. The average Bonchev–Trinajstić information content (AvgIpc) is 3.00. The van der Waals surface area contributed by atoms with E-state index in [1.165, 1.54) is 11.8 Å². The van der Waals surface area contributed by atoms with E-state index < -0.39 is 41.4 Å². The Balaban J connectivity index is 2.24. The number of hydrogen-bond donors (Lipinski definition) is 1. The van der Waals surface area contributed by atoms with E-state index in [1.54, 1.807) is 4.98 Å². The lowest BCUT2D eigenvalue weighted by molar-refractivity contribution is -0.139. The summed E-state index contributed by atoms with van der Waals surface area (Å²) in [5.41, 5.74) is -4.05. The fraction of sp³-hybridized carbons (Fsp3) is 0.562. The molecule has 0 spiro atoms. The SMILES string of the molecule is C#CCO[C@H]1C[C@H](n2cc(C(F)(F)F)c(=O)[nH]c2=O)O[C@@H]1COC(=S)SCC. The van der Waals surface area contributed by atoms with Gasteiger partial charge in [-0.2, -0.15) is 13.2 Å². The quantitative estimate of drug-likeness (QED) is 0.537. The molecule has 1 aromatic rings. The third kappa shape index (κ3) is 5.60. The highest BCUT2D eigenvalue weighted by Gasteiger charge is 2.40. The van der Waals surface area contributed by atoms with E-state index in [0.29, 0.717) is 16.5 Å². The maximum Gasteiger partial charge on any atom is 0.423 e. The van der Waals surface area contributed by atoms with Gasteiger partial charge < -0.3 is 14.2 Å². The fourth-order valence-corrected chi connectivity index (χ4v) is 3.37. The molecule has 0 aromatic carbocycles. The first-order valence-corrected chi connectivity index (χ1v) is 9.49. The molecule has 0 aliphatic carbocycles. The molecule has 0 amide bonds. The van der Waals surface area contributed by atoms with Crippen molar-refractivity contribution in [3.05, 3.63) is 32.6 Å². The van der Waals surface area contributed by atoms with Gasteiger partial charge in [-0.05, 0) is 18.0 Å². The number of H-pyrrole nitrogens is 1. The number of ether oxygens (including phenoxy) is 3. The molecule has 1 aliphatic rings. The van der Waals surface area contributed by atoms with Crippen molar-refractivity contribution in [1.82, 2.24) is 9.55 Å². The molecule has 0 saturated carbocycles. The number of rotatable bonds is 6. The number of alkyl halides is 3. The number of aromatic amines is 1. The van der Waals surface area contributed by atoms with Crippen LogP contribution in [0, 0.1) is 12.3 Å².